The molecule has 0 amide bonds. The Balaban J connectivity index is 1.95. The Morgan fingerprint density at radius 2 is 1.50 bits per heavy atom. The molecule has 0 spiro atoms. The molecule has 0 radical (unpaired) electrons. The summed E-state index contributed by atoms with van der Waals surface area (Å²) < 4.78 is 0. The first-order valence-corrected chi connectivity index (χ1v) is 7.50. The van der Waals surface area contributed by atoms with Crippen LogP contribution >= 0.6 is 11.3 Å². The Morgan fingerprint density at radius 3 is 2.15 bits per heavy atom. The number of hydrogen-bond donors (Lipinski definition) is 0. The number of benzene rings is 2. The number of hydrogen-bond acceptors (Lipinski definition) is 2. The highest BCUT2D eigenvalue weighted by Gasteiger charge is 2.06. The molecule has 0 unspecified atom stereocenters. The molecule has 98 valence electrons. The maximum Gasteiger partial charge on any atom is 0.0633 e. The molecule has 0 aliphatic rings. The van der Waals surface area contributed by atoms with Gasteiger partial charge in [-0.25, -0.2) is 0 Å². The first kappa shape index (κ1) is 12.8. The number of thiophene rings is 1. The van der Waals surface area contributed by atoms with E-state index in [1.807, 2.05) is 36.4 Å². The lowest BCUT2D eigenvalue weighted by Crippen LogP contribution is -2.02. The van der Waals surface area contributed by atoms with Crippen LogP contribution < -0.4 is 0 Å². The van der Waals surface area contributed by atoms with E-state index in [2.05, 4.69) is 41.8 Å². The monoisotopic (exact) mass is 277 g/mol. The highest BCUT2D eigenvalue weighted by molar-refractivity contribution is 7.12. The van der Waals surface area contributed by atoms with Gasteiger partial charge in [0.1, 0.15) is 0 Å². The molecular formula is C18H15NS. The van der Waals surface area contributed by atoms with Crippen LogP contribution in [-0.2, 0) is 6.42 Å². The van der Waals surface area contributed by atoms with Crippen molar-refractivity contribution in [2.24, 2.45) is 4.99 Å². The van der Waals surface area contributed by atoms with Gasteiger partial charge in [-0.15, -0.1) is 11.3 Å². The third-order valence-electron chi connectivity index (χ3n) is 3.04. The Kier molecular flexibility index (Phi) is 4.04. The van der Waals surface area contributed by atoms with E-state index in [-0.39, 0.29) is 0 Å². The van der Waals surface area contributed by atoms with E-state index in [9.17, 15) is 0 Å². The summed E-state index contributed by atoms with van der Waals surface area (Å²) in [6, 6.07) is 24.8. The summed E-state index contributed by atoms with van der Waals surface area (Å²) in [5, 5.41) is 2.10. The predicted octanol–water partition coefficient (Wildman–Crippen LogP) is 5.11. The van der Waals surface area contributed by atoms with Crippen LogP contribution in [0.2, 0.25) is 0 Å². The van der Waals surface area contributed by atoms with Gasteiger partial charge in [0.25, 0.3) is 0 Å². The second kappa shape index (κ2) is 6.31. The highest BCUT2D eigenvalue weighted by atomic mass is 32.1. The highest BCUT2D eigenvalue weighted by Crippen LogP contribution is 2.19. The van der Waals surface area contributed by atoms with E-state index in [0.29, 0.717) is 0 Å². The molecular weight excluding hydrogens is 262 g/mol. The maximum atomic E-state index is 4.82. The first-order chi connectivity index (χ1) is 9.92. The van der Waals surface area contributed by atoms with Gasteiger partial charge in [0.15, 0.2) is 0 Å². The van der Waals surface area contributed by atoms with E-state index in [4.69, 9.17) is 4.99 Å². The van der Waals surface area contributed by atoms with E-state index in [0.717, 1.165) is 17.8 Å². The zero-order valence-corrected chi connectivity index (χ0v) is 11.9. The topological polar surface area (TPSA) is 12.4 Å². The molecule has 2 aromatic carbocycles. The maximum absolute atomic E-state index is 4.82. The molecule has 0 saturated carbocycles. The van der Waals surface area contributed by atoms with Crippen molar-refractivity contribution in [3.8, 4) is 0 Å². The van der Waals surface area contributed by atoms with Crippen molar-refractivity contribution in [1.29, 1.82) is 0 Å². The van der Waals surface area contributed by atoms with Crippen LogP contribution in [0.4, 0.5) is 5.69 Å². The molecule has 0 saturated heterocycles. The van der Waals surface area contributed by atoms with Crippen molar-refractivity contribution in [1.82, 2.24) is 0 Å². The van der Waals surface area contributed by atoms with Gasteiger partial charge in [-0.3, -0.25) is 4.99 Å². The van der Waals surface area contributed by atoms with E-state index in [1.165, 1.54) is 10.4 Å². The summed E-state index contributed by atoms with van der Waals surface area (Å²) in [5.74, 6) is 0. The van der Waals surface area contributed by atoms with Crippen LogP contribution in [0.3, 0.4) is 0 Å². The predicted molar refractivity (Wildman–Crippen MR) is 87.1 cm³/mol. The summed E-state index contributed by atoms with van der Waals surface area (Å²) in [4.78, 5) is 6.06. The summed E-state index contributed by atoms with van der Waals surface area (Å²) in [7, 11) is 0. The fourth-order valence-corrected chi connectivity index (χ4v) is 2.79. The first-order valence-electron chi connectivity index (χ1n) is 6.62. The van der Waals surface area contributed by atoms with Gasteiger partial charge in [-0.2, -0.15) is 0 Å². The zero-order chi connectivity index (χ0) is 13.6. The van der Waals surface area contributed by atoms with Gasteiger partial charge in [-0.05, 0) is 29.1 Å². The fourth-order valence-electron chi connectivity index (χ4n) is 2.07. The van der Waals surface area contributed by atoms with E-state index < -0.39 is 0 Å². The Hall–Kier alpha value is -2.19. The normalized spacial score (nSPS) is 11.5. The van der Waals surface area contributed by atoms with E-state index >= 15 is 0 Å². The quantitative estimate of drug-likeness (QED) is 0.587. The summed E-state index contributed by atoms with van der Waals surface area (Å²) in [5.41, 5.74) is 3.42. The molecule has 0 atom stereocenters. The minimum atomic E-state index is 0.857. The zero-order valence-electron chi connectivity index (χ0n) is 11.1. The summed E-state index contributed by atoms with van der Waals surface area (Å²) in [6.07, 6.45) is 0.857. The van der Waals surface area contributed by atoms with Crippen molar-refractivity contribution in [2.45, 2.75) is 6.42 Å². The molecule has 3 aromatic rings. The minimum Gasteiger partial charge on any atom is -0.252 e. The SMILES string of the molecule is c1ccc(CC(=Nc2ccccc2)c2cccs2)cc1. The lowest BCUT2D eigenvalue weighted by molar-refractivity contribution is 1.31. The van der Waals surface area contributed by atoms with Gasteiger partial charge in [0.05, 0.1) is 11.4 Å². The summed E-state index contributed by atoms with van der Waals surface area (Å²) in [6.45, 7) is 0. The van der Waals surface area contributed by atoms with Crippen LogP contribution in [0.25, 0.3) is 0 Å². The van der Waals surface area contributed by atoms with Crippen LogP contribution in [0.1, 0.15) is 10.4 Å². The molecule has 1 aromatic heterocycles. The Labute approximate surface area is 123 Å². The molecule has 3 rings (SSSR count). The second-order valence-electron chi connectivity index (χ2n) is 4.53. The Morgan fingerprint density at radius 1 is 0.800 bits per heavy atom. The van der Waals surface area contributed by atoms with Crippen molar-refractivity contribution in [2.75, 3.05) is 0 Å². The van der Waals surface area contributed by atoms with Crippen LogP contribution in [0, 0.1) is 0 Å². The Bertz CT molecular complexity index is 670. The van der Waals surface area contributed by atoms with Crippen molar-refractivity contribution in [3.05, 3.63) is 88.6 Å². The van der Waals surface area contributed by atoms with Crippen LogP contribution in [0.15, 0.2) is 83.2 Å². The largest absolute Gasteiger partial charge is 0.252 e. The molecule has 0 aliphatic carbocycles. The van der Waals surface area contributed by atoms with Crippen LogP contribution in [-0.4, -0.2) is 5.71 Å². The van der Waals surface area contributed by atoms with Gasteiger partial charge in [0.2, 0.25) is 0 Å². The number of rotatable bonds is 4. The average Bonchev–Trinajstić information content (AvgIpc) is 3.03. The fraction of sp³-hybridized carbons (Fsp3) is 0.0556. The van der Waals surface area contributed by atoms with E-state index in [1.54, 1.807) is 11.3 Å². The molecule has 0 N–H and O–H groups in total. The molecule has 0 fully saturated rings. The molecule has 20 heavy (non-hydrogen) atoms. The van der Waals surface area contributed by atoms with Crippen molar-refractivity contribution < 1.29 is 0 Å². The molecule has 1 heterocycles. The van der Waals surface area contributed by atoms with Crippen molar-refractivity contribution >= 4 is 22.7 Å². The standard InChI is InChI=1S/C18H15NS/c1-3-8-15(9-4-1)14-17(18-12-7-13-20-18)19-16-10-5-2-6-11-16/h1-13H,14H2. The average molecular weight is 277 g/mol. The van der Waals surface area contributed by atoms with Gasteiger partial charge >= 0.3 is 0 Å². The number of nitrogens with zero attached hydrogens (tertiary/aromatic N) is 1. The van der Waals surface area contributed by atoms with Gasteiger partial charge in [0, 0.05) is 11.3 Å². The third kappa shape index (κ3) is 3.22. The minimum absolute atomic E-state index is 0.857. The second-order valence-corrected chi connectivity index (χ2v) is 5.48. The lowest BCUT2D eigenvalue weighted by Gasteiger charge is -2.05. The van der Waals surface area contributed by atoms with Crippen molar-refractivity contribution in [3.63, 3.8) is 0 Å². The summed E-state index contributed by atoms with van der Waals surface area (Å²) >= 11 is 1.74. The molecule has 0 aliphatic heterocycles. The smallest absolute Gasteiger partial charge is 0.0633 e. The van der Waals surface area contributed by atoms with Crippen LogP contribution in [0.5, 0.6) is 0 Å². The van der Waals surface area contributed by atoms with Gasteiger partial charge < -0.3 is 0 Å². The molecule has 1 nitrogen and oxygen atoms in total. The third-order valence-corrected chi connectivity index (χ3v) is 3.96. The number of para-hydroxylation sites is 1. The van der Waals surface area contributed by atoms with Gasteiger partial charge in [-0.1, -0.05) is 54.6 Å². The lowest BCUT2D eigenvalue weighted by atomic mass is 10.1. The molecule has 2 heteroatoms. The molecule has 0 bridgehead atoms. The number of aliphatic imine (C=N–C) groups is 1.